The van der Waals surface area contributed by atoms with Gasteiger partial charge in [-0.25, -0.2) is 4.39 Å². The number of benzene rings is 2. The number of halogens is 4. The first kappa shape index (κ1) is 14.5. The van der Waals surface area contributed by atoms with E-state index in [1.807, 2.05) is 0 Å². The highest BCUT2D eigenvalue weighted by Gasteiger charge is 2.29. The number of rotatable bonds is 2. The molecule has 1 atom stereocenters. The van der Waals surface area contributed by atoms with Crippen LogP contribution in [0.15, 0.2) is 42.5 Å². The quantitative estimate of drug-likeness (QED) is 0.801. The highest BCUT2D eigenvalue weighted by molar-refractivity contribution is 5.64. The second kappa shape index (κ2) is 5.25. The average molecular weight is 284 g/mol. The Labute approximate surface area is 113 Å². The Morgan fingerprint density at radius 2 is 1.50 bits per heavy atom. The van der Waals surface area contributed by atoms with E-state index in [2.05, 4.69) is 0 Å². The van der Waals surface area contributed by atoms with Crippen LogP contribution in [0.4, 0.5) is 17.6 Å². The van der Waals surface area contributed by atoms with Crippen LogP contribution in [-0.4, -0.2) is 5.11 Å². The smallest absolute Gasteiger partial charge is 0.389 e. The van der Waals surface area contributed by atoms with Gasteiger partial charge in [-0.2, -0.15) is 13.2 Å². The summed E-state index contributed by atoms with van der Waals surface area (Å²) < 4.78 is 50.8. The van der Waals surface area contributed by atoms with Gasteiger partial charge in [0, 0.05) is 5.56 Å². The van der Waals surface area contributed by atoms with Crippen LogP contribution in [0, 0.1) is 5.82 Å². The van der Waals surface area contributed by atoms with Crippen LogP contribution in [0.25, 0.3) is 11.1 Å². The van der Waals surface area contributed by atoms with Crippen molar-refractivity contribution in [3.63, 3.8) is 0 Å². The lowest BCUT2D eigenvalue weighted by atomic mass is 9.99. The summed E-state index contributed by atoms with van der Waals surface area (Å²) in [5, 5.41) is 9.44. The van der Waals surface area contributed by atoms with E-state index in [-0.39, 0.29) is 5.56 Å². The third-order valence-corrected chi connectivity index (χ3v) is 2.99. The van der Waals surface area contributed by atoms with E-state index < -0.39 is 23.7 Å². The molecule has 20 heavy (non-hydrogen) atoms. The summed E-state index contributed by atoms with van der Waals surface area (Å²) in [4.78, 5) is 0. The minimum atomic E-state index is -4.38. The molecule has 0 saturated heterocycles. The Morgan fingerprint density at radius 1 is 0.950 bits per heavy atom. The largest absolute Gasteiger partial charge is 0.416 e. The Hall–Kier alpha value is -1.88. The Kier molecular flexibility index (Phi) is 3.81. The van der Waals surface area contributed by atoms with Gasteiger partial charge in [0.2, 0.25) is 0 Å². The van der Waals surface area contributed by atoms with Crippen molar-refractivity contribution in [3.05, 3.63) is 59.4 Å². The maximum Gasteiger partial charge on any atom is 0.416 e. The summed E-state index contributed by atoms with van der Waals surface area (Å²) in [5.41, 5.74) is 0.456. The highest BCUT2D eigenvalue weighted by Crippen LogP contribution is 2.31. The Balaban J connectivity index is 2.40. The molecule has 106 valence electrons. The third kappa shape index (κ3) is 2.99. The zero-order valence-corrected chi connectivity index (χ0v) is 10.6. The molecule has 2 aromatic carbocycles. The van der Waals surface area contributed by atoms with E-state index in [0.29, 0.717) is 11.1 Å². The lowest BCUT2D eigenvalue weighted by molar-refractivity contribution is -0.137. The van der Waals surface area contributed by atoms with Crippen LogP contribution in [0.3, 0.4) is 0 Å². The van der Waals surface area contributed by atoms with Crippen LogP contribution in [-0.2, 0) is 6.18 Å². The van der Waals surface area contributed by atoms with Crippen LogP contribution in [0.5, 0.6) is 0 Å². The molecule has 2 rings (SSSR count). The van der Waals surface area contributed by atoms with Crippen LogP contribution < -0.4 is 0 Å². The lowest BCUT2D eigenvalue weighted by Crippen LogP contribution is -2.04. The Bertz CT molecular complexity index is 600. The SMILES string of the molecule is CC(O)c1cc(-c2ccc(C(F)(F)F)cc2)ccc1F. The van der Waals surface area contributed by atoms with E-state index in [0.717, 1.165) is 12.1 Å². The number of aliphatic hydroxyl groups excluding tert-OH is 1. The summed E-state index contributed by atoms with van der Waals surface area (Å²) in [6, 6.07) is 8.67. The molecule has 5 heteroatoms. The minimum Gasteiger partial charge on any atom is -0.389 e. The third-order valence-electron chi connectivity index (χ3n) is 2.99. The van der Waals surface area contributed by atoms with Crippen molar-refractivity contribution >= 4 is 0 Å². The van der Waals surface area contributed by atoms with E-state index in [4.69, 9.17) is 0 Å². The van der Waals surface area contributed by atoms with Crippen molar-refractivity contribution in [2.24, 2.45) is 0 Å². The molecule has 0 amide bonds. The minimum absolute atomic E-state index is 0.113. The molecular weight excluding hydrogens is 272 g/mol. The summed E-state index contributed by atoms with van der Waals surface area (Å²) in [6.45, 7) is 1.43. The molecule has 0 bridgehead atoms. The van der Waals surface area contributed by atoms with Crippen LogP contribution in [0.2, 0.25) is 0 Å². The zero-order chi connectivity index (χ0) is 14.9. The zero-order valence-electron chi connectivity index (χ0n) is 10.6. The Morgan fingerprint density at radius 3 is 2.00 bits per heavy atom. The van der Waals surface area contributed by atoms with Gasteiger partial charge in [0.25, 0.3) is 0 Å². The molecule has 0 radical (unpaired) electrons. The van der Waals surface area contributed by atoms with Gasteiger partial charge in [-0.15, -0.1) is 0 Å². The molecule has 0 spiro atoms. The van der Waals surface area contributed by atoms with Gasteiger partial charge in [0.15, 0.2) is 0 Å². The van der Waals surface area contributed by atoms with Crippen molar-refractivity contribution in [3.8, 4) is 11.1 Å². The number of aliphatic hydroxyl groups is 1. The molecule has 0 saturated carbocycles. The van der Waals surface area contributed by atoms with Gasteiger partial charge in [-0.1, -0.05) is 18.2 Å². The maximum absolute atomic E-state index is 13.4. The monoisotopic (exact) mass is 284 g/mol. The molecule has 0 aliphatic carbocycles. The second-order valence-electron chi connectivity index (χ2n) is 4.49. The predicted molar refractivity (Wildman–Crippen MR) is 67.5 cm³/mol. The fourth-order valence-electron chi connectivity index (χ4n) is 1.90. The first-order chi connectivity index (χ1) is 9.29. The first-order valence-corrected chi connectivity index (χ1v) is 5.94. The summed E-state index contributed by atoms with van der Waals surface area (Å²) in [5.74, 6) is -0.546. The topological polar surface area (TPSA) is 20.2 Å². The van der Waals surface area contributed by atoms with E-state index in [1.54, 1.807) is 0 Å². The van der Waals surface area contributed by atoms with Gasteiger partial charge in [-0.05, 0) is 42.3 Å². The first-order valence-electron chi connectivity index (χ1n) is 5.94. The summed E-state index contributed by atoms with van der Waals surface area (Å²) in [7, 11) is 0. The standard InChI is InChI=1S/C15H12F4O/c1-9(20)13-8-11(4-7-14(13)16)10-2-5-12(6-3-10)15(17,18)19/h2-9,20H,1H3. The van der Waals surface area contributed by atoms with Gasteiger partial charge < -0.3 is 5.11 Å². The molecule has 0 fully saturated rings. The molecule has 1 nitrogen and oxygen atoms in total. The number of alkyl halides is 3. The average Bonchev–Trinajstić information content (AvgIpc) is 2.38. The molecule has 2 aromatic rings. The number of hydrogen-bond donors (Lipinski definition) is 1. The molecule has 0 aliphatic heterocycles. The molecule has 1 N–H and O–H groups in total. The van der Waals surface area contributed by atoms with E-state index >= 15 is 0 Å². The maximum atomic E-state index is 13.4. The lowest BCUT2D eigenvalue weighted by Gasteiger charge is -2.11. The van der Waals surface area contributed by atoms with Gasteiger partial charge in [0.1, 0.15) is 5.82 Å². The predicted octanol–water partition coefficient (Wildman–Crippen LogP) is 4.56. The second-order valence-corrected chi connectivity index (χ2v) is 4.49. The normalized spacial score (nSPS) is 13.3. The van der Waals surface area contributed by atoms with Crippen molar-refractivity contribution in [2.45, 2.75) is 19.2 Å². The fraction of sp³-hybridized carbons (Fsp3) is 0.200. The summed E-state index contributed by atoms with van der Waals surface area (Å²) >= 11 is 0. The van der Waals surface area contributed by atoms with E-state index in [1.165, 1.54) is 37.3 Å². The van der Waals surface area contributed by atoms with Gasteiger partial charge in [0.05, 0.1) is 11.7 Å². The summed E-state index contributed by atoms with van der Waals surface area (Å²) in [6.07, 6.45) is -5.36. The number of hydrogen-bond acceptors (Lipinski definition) is 1. The van der Waals surface area contributed by atoms with Crippen molar-refractivity contribution < 1.29 is 22.7 Å². The molecular formula is C15H12F4O. The van der Waals surface area contributed by atoms with Gasteiger partial charge >= 0.3 is 6.18 Å². The van der Waals surface area contributed by atoms with Crippen LogP contribution >= 0.6 is 0 Å². The fourth-order valence-corrected chi connectivity index (χ4v) is 1.90. The molecule has 0 aliphatic rings. The van der Waals surface area contributed by atoms with Crippen molar-refractivity contribution in [2.75, 3.05) is 0 Å². The molecule has 0 aromatic heterocycles. The van der Waals surface area contributed by atoms with E-state index in [9.17, 15) is 22.7 Å². The van der Waals surface area contributed by atoms with Crippen molar-refractivity contribution in [1.82, 2.24) is 0 Å². The molecule has 0 heterocycles. The van der Waals surface area contributed by atoms with Crippen LogP contribution in [0.1, 0.15) is 24.2 Å². The molecule has 1 unspecified atom stereocenters. The highest BCUT2D eigenvalue weighted by atomic mass is 19.4. The van der Waals surface area contributed by atoms with Gasteiger partial charge in [-0.3, -0.25) is 0 Å². The van der Waals surface area contributed by atoms with Crippen molar-refractivity contribution in [1.29, 1.82) is 0 Å².